The summed E-state index contributed by atoms with van der Waals surface area (Å²) >= 11 is 11.0. The van der Waals surface area contributed by atoms with Crippen LogP contribution in [0.1, 0.15) is 0 Å². The van der Waals surface area contributed by atoms with E-state index in [1.54, 1.807) is 0 Å². The summed E-state index contributed by atoms with van der Waals surface area (Å²) in [5, 5.41) is 15.4. The van der Waals surface area contributed by atoms with E-state index in [-0.39, 0.29) is 0 Å². The largest absolute Gasteiger partial charge is 0.186 e. The van der Waals surface area contributed by atoms with Crippen LogP contribution in [0.3, 0.4) is 0 Å². The first-order valence-electron chi connectivity index (χ1n) is 3.13. The highest BCUT2D eigenvalue weighted by Gasteiger charge is 2.06. The Bertz CT molecular complexity index is 383. The van der Waals surface area contributed by atoms with Gasteiger partial charge in [0, 0.05) is 0 Å². The lowest BCUT2D eigenvalue weighted by Crippen LogP contribution is -1.68. The average molecular weight is 298 g/mol. The molecule has 0 N–H and O–H groups in total. The van der Waals surface area contributed by atoms with Gasteiger partial charge in [-0.15, -0.1) is 45.7 Å². The van der Waals surface area contributed by atoms with E-state index < -0.39 is 0 Å². The molecule has 0 fully saturated rings. The number of aromatic nitrogens is 4. The molecule has 0 radical (unpaired) electrons. The molecule has 0 aliphatic heterocycles. The Morgan fingerprint density at radius 1 is 0.786 bits per heavy atom. The van der Waals surface area contributed by atoms with Gasteiger partial charge in [0.2, 0.25) is 0 Å². The van der Waals surface area contributed by atoms with Crippen molar-refractivity contribution in [2.75, 3.05) is 0 Å². The Morgan fingerprint density at radius 2 is 1.21 bits per heavy atom. The Morgan fingerprint density at radius 3 is 1.50 bits per heavy atom. The zero-order chi connectivity index (χ0) is 9.97. The van der Waals surface area contributed by atoms with Gasteiger partial charge in [-0.3, -0.25) is 0 Å². The maximum atomic E-state index is 4.07. The summed E-state index contributed by atoms with van der Waals surface area (Å²) < 4.78 is 3.05. The predicted octanol–water partition coefficient (Wildman–Crippen LogP) is 2.77. The van der Waals surface area contributed by atoms with E-state index in [2.05, 4.69) is 45.7 Å². The highest BCUT2D eigenvalue weighted by Crippen LogP contribution is 2.40. The molecule has 74 valence electrons. The van der Waals surface area contributed by atoms with E-state index in [9.17, 15) is 0 Å². The van der Waals surface area contributed by atoms with Crippen LogP contribution >= 0.6 is 69.5 Å². The summed E-state index contributed by atoms with van der Waals surface area (Å²) in [4.78, 5) is 0. The second kappa shape index (κ2) is 5.03. The zero-order valence-electron chi connectivity index (χ0n) is 6.32. The first-order chi connectivity index (χ1) is 6.74. The van der Waals surface area contributed by atoms with E-state index in [1.165, 1.54) is 44.3 Å². The summed E-state index contributed by atoms with van der Waals surface area (Å²) in [5.74, 6) is 0. The first kappa shape index (κ1) is 11.0. The van der Waals surface area contributed by atoms with Gasteiger partial charge in [-0.1, -0.05) is 22.7 Å². The summed E-state index contributed by atoms with van der Waals surface area (Å²) in [6.45, 7) is 0. The van der Waals surface area contributed by atoms with Crippen molar-refractivity contribution < 1.29 is 0 Å². The van der Waals surface area contributed by atoms with Crippen LogP contribution in [-0.4, -0.2) is 20.4 Å². The van der Waals surface area contributed by atoms with E-state index in [0.717, 1.165) is 8.68 Å². The number of nitrogens with zero attached hydrogens (tertiary/aromatic N) is 4. The minimum absolute atomic E-state index is 0.667. The minimum Gasteiger partial charge on any atom is -0.131 e. The van der Waals surface area contributed by atoms with E-state index in [0.29, 0.717) is 8.68 Å². The molecule has 4 nitrogen and oxygen atoms in total. The number of hydrogen-bond donors (Lipinski definition) is 2. The van der Waals surface area contributed by atoms with Crippen molar-refractivity contribution in [3.8, 4) is 0 Å². The maximum absolute atomic E-state index is 4.07. The molecule has 2 aromatic heterocycles. The van der Waals surface area contributed by atoms with Gasteiger partial charge in [0.25, 0.3) is 0 Å². The second-order valence-electron chi connectivity index (χ2n) is 1.87. The molecule has 0 aromatic carbocycles. The lowest BCUT2D eigenvalue weighted by molar-refractivity contribution is 0.957. The predicted molar refractivity (Wildman–Crippen MR) is 66.0 cm³/mol. The van der Waals surface area contributed by atoms with E-state index >= 15 is 0 Å². The van der Waals surface area contributed by atoms with Crippen molar-refractivity contribution in [1.29, 1.82) is 0 Å². The molecule has 0 atom stereocenters. The van der Waals surface area contributed by atoms with Gasteiger partial charge in [-0.2, -0.15) is 0 Å². The van der Waals surface area contributed by atoms with Crippen molar-refractivity contribution in [1.82, 2.24) is 20.4 Å². The van der Waals surface area contributed by atoms with Crippen LogP contribution in [0.25, 0.3) is 0 Å². The third-order valence-electron chi connectivity index (χ3n) is 0.976. The number of rotatable bonds is 3. The molecule has 0 aliphatic rings. The summed E-state index contributed by atoms with van der Waals surface area (Å²) in [7, 11) is 2.99. The topological polar surface area (TPSA) is 51.6 Å². The molecule has 2 aromatic rings. The van der Waals surface area contributed by atoms with Gasteiger partial charge in [0.05, 0.1) is 0 Å². The molecular formula is C4H2N4S6. The van der Waals surface area contributed by atoms with Crippen LogP contribution in [0.4, 0.5) is 0 Å². The standard InChI is InChI=1S/C4H2N4S6/c9-1-5-7-3(11-1)13-14-4-8-6-2(10)12-4/h(H,5,9)(H,6,10). The van der Waals surface area contributed by atoms with E-state index in [4.69, 9.17) is 0 Å². The van der Waals surface area contributed by atoms with Crippen LogP contribution < -0.4 is 0 Å². The normalized spacial score (nSPS) is 10.7. The molecule has 0 saturated carbocycles. The fourth-order valence-corrected chi connectivity index (χ4v) is 5.05. The third kappa shape index (κ3) is 3.00. The molecular weight excluding hydrogens is 296 g/mol. The molecule has 0 aliphatic carbocycles. The lowest BCUT2D eigenvalue weighted by atomic mass is 11.6. The van der Waals surface area contributed by atoms with Gasteiger partial charge in [-0.05, 0) is 21.6 Å². The molecule has 0 spiro atoms. The molecule has 0 amide bonds. The van der Waals surface area contributed by atoms with Crippen LogP contribution in [0.5, 0.6) is 0 Å². The summed E-state index contributed by atoms with van der Waals surface area (Å²) in [6.07, 6.45) is 0. The van der Waals surface area contributed by atoms with Crippen molar-refractivity contribution in [3.05, 3.63) is 0 Å². The molecule has 14 heavy (non-hydrogen) atoms. The number of thiol groups is 2. The van der Waals surface area contributed by atoms with Gasteiger partial charge < -0.3 is 0 Å². The van der Waals surface area contributed by atoms with Crippen LogP contribution in [-0.2, 0) is 0 Å². The molecule has 0 bridgehead atoms. The molecule has 0 saturated heterocycles. The maximum Gasteiger partial charge on any atom is 0.186 e. The fourth-order valence-electron chi connectivity index (χ4n) is 0.544. The van der Waals surface area contributed by atoms with Crippen LogP contribution in [0.2, 0.25) is 0 Å². The zero-order valence-corrected chi connectivity index (χ0v) is 11.4. The Kier molecular flexibility index (Phi) is 3.96. The van der Waals surface area contributed by atoms with Crippen LogP contribution in [0.15, 0.2) is 17.4 Å². The Hall–Kier alpha value is 0.520. The summed E-state index contributed by atoms with van der Waals surface area (Å²) in [6, 6.07) is 0. The smallest absolute Gasteiger partial charge is 0.131 e. The van der Waals surface area contributed by atoms with Gasteiger partial charge in [0.15, 0.2) is 17.4 Å². The SMILES string of the molecule is Sc1nnc(SSc2nnc(S)s2)s1. The quantitative estimate of drug-likeness (QED) is 0.671. The Labute approximate surface area is 107 Å². The number of hydrogen-bond acceptors (Lipinski definition) is 10. The van der Waals surface area contributed by atoms with Crippen molar-refractivity contribution in [2.45, 2.75) is 17.4 Å². The molecule has 2 heterocycles. The summed E-state index contributed by atoms with van der Waals surface area (Å²) in [5.41, 5.74) is 0. The second-order valence-corrected chi connectivity index (χ2v) is 7.90. The van der Waals surface area contributed by atoms with Crippen molar-refractivity contribution >= 4 is 69.5 Å². The highest BCUT2D eigenvalue weighted by atomic mass is 33.1. The molecule has 10 heteroatoms. The minimum atomic E-state index is 0.667. The lowest BCUT2D eigenvalue weighted by Gasteiger charge is -1.87. The monoisotopic (exact) mass is 298 g/mol. The first-order valence-corrected chi connectivity index (χ1v) is 7.81. The van der Waals surface area contributed by atoms with Crippen molar-refractivity contribution in [2.24, 2.45) is 0 Å². The van der Waals surface area contributed by atoms with Crippen molar-refractivity contribution in [3.63, 3.8) is 0 Å². The fraction of sp³-hybridized carbons (Fsp3) is 0. The third-order valence-corrected chi connectivity index (χ3v) is 6.11. The highest BCUT2D eigenvalue weighted by molar-refractivity contribution is 8.77. The molecule has 2 rings (SSSR count). The van der Waals surface area contributed by atoms with Gasteiger partial charge >= 0.3 is 0 Å². The Balaban J connectivity index is 1.94. The average Bonchev–Trinajstić information content (AvgIpc) is 2.72. The van der Waals surface area contributed by atoms with Gasteiger partial charge in [-0.25, -0.2) is 0 Å². The molecule has 0 unspecified atom stereocenters. The van der Waals surface area contributed by atoms with E-state index in [1.807, 2.05) is 0 Å². The van der Waals surface area contributed by atoms with Gasteiger partial charge in [0.1, 0.15) is 0 Å². The van der Waals surface area contributed by atoms with Crippen LogP contribution in [0, 0.1) is 0 Å².